The average molecular weight is 362 g/mol. The molecule has 0 aromatic heterocycles. The summed E-state index contributed by atoms with van der Waals surface area (Å²) in [5, 5.41) is 19.7. The van der Waals surface area contributed by atoms with Gasteiger partial charge in [-0.1, -0.05) is 13.0 Å². The fraction of sp³-hybridized carbons (Fsp3) is 0.571. The van der Waals surface area contributed by atoms with Crippen LogP contribution in [0.2, 0.25) is 0 Å². The molecule has 0 radical (unpaired) electrons. The van der Waals surface area contributed by atoms with E-state index in [1.54, 1.807) is 6.07 Å². The third kappa shape index (κ3) is 2.39. The lowest BCUT2D eigenvalue weighted by Crippen LogP contribution is -2.42. The third-order valence-electron chi connectivity index (χ3n) is 7.02. The monoisotopic (exact) mass is 362 g/mol. The Morgan fingerprint density at radius 3 is 2.73 bits per heavy atom. The largest absolute Gasteiger partial charge is 0.508 e. The molecule has 0 amide bonds. The second kappa shape index (κ2) is 5.54. The number of rotatable bonds is 1. The number of carbonyl (C=O) groups excluding carboxylic acids is 1. The fourth-order valence-corrected chi connectivity index (χ4v) is 5.67. The summed E-state index contributed by atoms with van der Waals surface area (Å²) in [5.41, 5.74) is 1.64. The Labute approximate surface area is 151 Å². The van der Waals surface area contributed by atoms with Gasteiger partial charge in [-0.3, -0.25) is 4.79 Å². The van der Waals surface area contributed by atoms with E-state index in [1.807, 2.05) is 19.1 Å². The number of benzene rings is 1. The first-order valence-electron chi connectivity index (χ1n) is 9.30. The van der Waals surface area contributed by atoms with Crippen LogP contribution in [0.3, 0.4) is 0 Å². The minimum Gasteiger partial charge on any atom is -0.508 e. The molecule has 1 aromatic carbocycles. The minimum atomic E-state index is -3.38. The number of hydrogen-bond acceptors (Lipinski definition) is 3. The van der Waals surface area contributed by atoms with E-state index in [4.69, 9.17) is 0 Å². The van der Waals surface area contributed by atoms with Crippen molar-refractivity contribution in [1.82, 2.24) is 0 Å². The van der Waals surface area contributed by atoms with E-state index >= 15 is 0 Å². The van der Waals surface area contributed by atoms with E-state index in [1.165, 1.54) is 5.56 Å². The van der Waals surface area contributed by atoms with Gasteiger partial charge in [0.05, 0.1) is 0 Å². The first-order valence-corrected chi connectivity index (χ1v) is 9.30. The quantitative estimate of drug-likeness (QED) is 0.552. The van der Waals surface area contributed by atoms with Crippen molar-refractivity contribution in [1.29, 1.82) is 0 Å². The van der Waals surface area contributed by atoms with Gasteiger partial charge < -0.3 is 10.2 Å². The second-order valence-corrected chi connectivity index (χ2v) is 8.50. The number of fused-ring (bicyclic) bond motifs is 5. The summed E-state index contributed by atoms with van der Waals surface area (Å²) in [5.74, 6) is -3.95. The number of aliphatic hydroxyl groups excluding tert-OH is 1. The zero-order chi connectivity index (χ0) is 18.9. The number of alkyl halides is 2. The van der Waals surface area contributed by atoms with Crippen molar-refractivity contribution in [3.63, 3.8) is 0 Å². The highest BCUT2D eigenvalue weighted by molar-refractivity contribution is 6.03. The zero-order valence-corrected chi connectivity index (χ0v) is 15.1. The van der Waals surface area contributed by atoms with Crippen LogP contribution in [0.4, 0.5) is 8.78 Å². The molecule has 3 nitrogen and oxygen atoms in total. The fourth-order valence-electron chi connectivity index (χ4n) is 5.67. The van der Waals surface area contributed by atoms with Crippen LogP contribution in [0.25, 0.3) is 0 Å². The van der Waals surface area contributed by atoms with Crippen molar-refractivity contribution in [2.45, 2.75) is 57.8 Å². The molecule has 4 unspecified atom stereocenters. The van der Waals surface area contributed by atoms with Gasteiger partial charge in [0.2, 0.25) is 0 Å². The van der Waals surface area contributed by atoms with E-state index in [0.29, 0.717) is 13.3 Å². The maximum absolute atomic E-state index is 13.6. The Balaban J connectivity index is 1.73. The van der Waals surface area contributed by atoms with Crippen LogP contribution < -0.4 is 0 Å². The summed E-state index contributed by atoms with van der Waals surface area (Å²) < 4.78 is 27.3. The van der Waals surface area contributed by atoms with Crippen LogP contribution in [-0.2, 0) is 11.2 Å². The molecule has 0 heterocycles. The van der Waals surface area contributed by atoms with Crippen LogP contribution in [0.5, 0.6) is 5.75 Å². The van der Waals surface area contributed by atoms with Crippen molar-refractivity contribution in [2.75, 3.05) is 0 Å². The highest BCUT2D eigenvalue weighted by atomic mass is 19.3. The number of phenolic OH excluding ortho intramolecular Hbond substituents is 1. The lowest BCUT2D eigenvalue weighted by atomic mass is 9.55. The number of ketones is 1. The maximum atomic E-state index is 13.6. The van der Waals surface area contributed by atoms with Crippen molar-refractivity contribution >= 4 is 5.78 Å². The predicted molar refractivity (Wildman–Crippen MR) is 93.4 cm³/mol. The topological polar surface area (TPSA) is 57.5 Å². The molecule has 2 saturated carbocycles. The molecule has 4 atom stereocenters. The number of phenols is 1. The molecule has 0 bridgehead atoms. The summed E-state index contributed by atoms with van der Waals surface area (Å²) in [6.07, 6.45) is 3.41. The highest BCUT2D eigenvalue weighted by Crippen LogP contribution is 2.61. The summed E-state index contributed by atoms with van der Waals surface area (Å²) in [6.45, 7) is 2.52. The van der Waals surface area contributed by atoms with Gasteiger partial charge in [-0.2, -0.15) is 8.78 Å². The van der Waals surface area contributed by atoms with Crippen molar-refractivity contribution < 1.29 is 23.8 Å². The van der Waals surface area contributed by atoms with Gasteiger partial charge in [0.25, 0.3) is 0 Å². The first-order chi connectivity index (χ1) is 12.1. The second-order valence-electron chi connectivity index (χ2n) is 8.50. The number of hydrogen-bond donors (Lipinski definition) is 2. The van der Waals surface area contributed by atoms with Crippen LogP contribution in [0.1, 0.15) is 56.6 Å². The molecule has 5 heteroatoms. The lowest BCUT2D eigenvalue weighted by Gasteiger charge is -2.48. The minimum absolute atomic E-state index is 0.0183. The lowest BCUT2D eigenvalue weighted by molar-refractivity contribution is -0.127. The molecule has 3 aliphatic rings. The van der Waals surface area contributed by atoms with Crippen molar-refractivity contribution in [3.05, 3.63) is 40.7 Å². The molecule has 0 aliphatic heterocycles. The normalized spacial score (nSPS) is 35.5. The first kappa shape index (κ1) is 17.5. The van der Waals surface area contributed by atoms with Gasteiger partial charge in [0.1, 0.15) is 5.75 Å². The Bertz CT molecular complexity index is 808. The zero-order valence-electron chi connectivity index (χ0n) is 15.1. The SMILES string of the molecule is CC(F)(F)/C(O)=C1\CC2C3CCc4cc(O)ccc4C3CCC2(C)C1=O. The number of aromatic hydroxyl groups is 1. The highest BCUT2D eigenvalue weighted by Gasteiger charge is 2.58. The number of aliphatic hydroxyl groups is 1. The molecule has 0 spiro atoms. The third-order valence-corrected chi connectivity index (χ3v) is 7.02. The number of carbonyl (C=O) groups is 1. The van der Waals surface area contributed by atoms with Gasteiger partial charge in [0.15, 0.2) is 11.5 Å². The van der Waals surface area contributed by atoms with E-state index in [0.717, 1.165) is 24.8 Å². The summed E-state index contributed by atoms with van der Waals surface area (Å²) in [6, 6.07) is 5.48. The maximum Gasteiger partial charge on any atom is 0.301 e. The van der Waals surface area contributed by atoms with E-state index in [9.17, 15) is 23.8 Å². The Hall–Kier alpha value is -1.91. The van der Waals surface area contributed by atoms with E-state index in [2.05, 4.69) is 0 Å². The van der Waals surface area contributed by atoms with Gasteiger partial charge in [-0.15, -0.1) is 0 Å². The molecule has 2 fully saturated rings. The van der Waals surface area contributed by atoms with Crippen LogP contribution >= 0.6 is 0 Å². The molecule has 2 N–H and O–H groups in total. The molecule has 1 aromatic rings. The molecule has 0 saturated heterocycles. The number of halogens is 2. The summed E-state index contributed by atoms with van der Waals surface area (Å²) >= 11 is 0. The van der Waals surface area contributed by atoms with Crippen molar-refractivity contribution in [3.8, 4) is 5.75 Å². The molecule has 3 aliphatic carbocycles. The Morgan fingerprint density at radius 2 is 2.04 bits per heavy atom. The van der Waals surface area contributed by atoms with Gasteiger partial charge in [0, 0.05) is 17.9 Å². The standard InChI is InChI=1S/C21H24F2O3/c1-20-8-7-14-13-6-4-12(24)9-11(13)3-5-15(14)17(20)10-16(18(20)25)19(26)21(2,22)23/h4,6,9,14-15,17,24,26H,3,5,7-8,10H2,1-2H3/b19-16-. The van der Waals surface area contributed by atoms with E-state index in [-0.39, 0.29) is 41.3 Å². The van der Waals surface area contributed by atoms with Crippen LogP contribution in [0, 0.1) is 17.3 Å². The molecule has 4 rings (SSSR count). The molecule has 140 valence electrons. The Morgan fingerprint density at radius 1 is 1.31 bits per heavy atom. The molecular weight excluding hydrogens is 338 g/mol. The number of allylic oxidation sites excluding steroid dienone is 2. The smallest absolute Gasteiger partial charge is 0.301 e. The average Bonchev–Trinajstić information content (AvgIpc) is 2.84. The van der Waals surface area contributed by atoms with Gasteiger partial charge >= 0.3 is 5.92 Å². The van der Waals surface area contributed by atoms with Crippen LogP contribution in [0.15, 0.2) is 29.5 Å². The van der Waals surface area contributed by atoms with Gasteiger partial charge in [-0.05, 0) is 73.1 Å². The van der Waals surface area contributed by atoms with E-state index < -0.39 is 17.1 Å². The molecular formula is C21H24F2O3. The summed E-state index contributed by atoms with van der Waals surface area (Å²) in [4.78, 5) is 12.9. The summed E-state index contributed by atoms with van der Waals surface area (Å²) in [7, 11) is 0. The van der Waals surface area contributed by atoms with Gasteiger partial charge in [-0.25, -0.2) is 0 Å². The number of aryl methyl sites for hydroxylation is 1. The van der Waals surface area contributed by atoms with Crippen LogP contribution in [-0.4, -0.2) is 21.9 Å². The Kier molecular flexibility index (Phi) is 3.73. The predicted octanol–water partition coefficient (Wildman–Crippen LogP) is 4.89. The van der Waals surface area contributed by atoms with Crippen molar-refractivity contribution in [2.24, 2.45) is 17.3 Å². The molecule has 26 heavy (non-hydrogen) atoms. The number of Topliss-reactive ketones (excluding diaryl/α,β-unsaturated/α-hetero) is 1.